The van der Waals surface area contributed by atoms with Crippen LogP contribution in [-0.2, 0) is 0 Å². The molecule has 26 heavy (non-hydrogen) atoms. The highest BCUT2D eigenvalue weighted by atomic mass is 32.2. The van der Waals surface area contributed by atoms with Crippen LogP contribution in [0.3, 0.4) is 0 Å². The van der Waals surface area contributed by atoms with Gasteiger partial charge < -0.3 is 15.2 Å². The molecule has 1 aliphatic rings. The second-order valence-electron chi connectivity index (χ2n) is 6.47. The predicted molar refractivity (Wildman–Crippen MR) is 105 cm³/mol. The molecule has 1 aliphatic carbocycles. The molecule has 2 aromatic rings. The van der Waals surface area contributed by atoms with Gasteiger partial charge in [0, 0.05) is 34.0 Å². The van der Waals surface area contributed by atoms with Gasteiger partial charge in [0.05, 0.1) is 6.61 Å². The van der Waals surface area contributed by atoms with Crippen molar-refractivity contribution in [3.63, 3.8) is 0 Å². The highest BCUT2D eigenvalue weighted by Crippen LogP contribution is 2.35. The number of aromatic nitrogens is 1. The molecule has 1 fully saturated rings. The number of aromatic hydroxyl groups is 1. The molecule has 1 aromatic heterocycles. The summed E-state index contributed by atoms with van der Waals surface area (Å²) < 4.78 is 6.53. The van der Waals surface area contributed by atoms with Crippen molar-refractivity contribution < 1.29 is 14.6 Å². The van der Waals surface area contributed by atoms with Crippen LogP contribution in [0.2, 0.25) is 0 Å². The standard InChI is InChI=1S/C19H24N2O3S2/c1-3-24-16-9-13(8-15(22)10-16)18(23)21-14-4-6-17(7-5-14)26-19-20-12(2)11-25-19/h8-11,14,17,22H,3-7H2,1-2H3,(H,21,23). The zero-order valence-electron chi connectivity index (χ0n) is 15.0. The van der Waals surface area contributed by atoms with Crippen molar-refractivity contribution in [1.82, 2.24) is 10.3 Å². The molecule has 3 rings (SSSR count). The molecular weight excluding hydrogens is 368 g/mol. The molecule has 0 atom stereocenters. The van der Waals surface area contributed by atoms with Gasteiger partial charge in [-0.2, -0.15) is 0 Å². The number of aryl methyl sites for hydroxylation is 1. The van der Waals surface area contributed by atoms with Crippen molar-refractivity contribution in [3.8, 4) is 11.5 Å². The fourth-order valence-corrected chi connectivity index (χ4v) is 5.37. The van der Waals surface area contributed by atoms with Gasteiger partial charge in [-0.25, -0.2) is 4.98 Å². The molecule has 2 N–H and O–H groups in total. The maximum absolute atomic E-state index is 12.5. The predicted octanol–water partition coefficient (Wildman–Crippen LogP) is 4.39. The lowest BCUT2D eigenvalue weighted by Crippen LogP contribution is -2.38. The van der Waals surface area contributed by atoms with Crippen LogP contribution < -0.4 is 10.1 Å². The van der Waals surface area contributed by atoms with E-state index in [0.29, 0.717) is 23.2 Å². The summed E-state index contributed by atoms with van der Waals surface area (Å²) in [7, 11) is 0. The first-order valence-electron chi connectivity index (χ1n) is 8.90. The summed E-state index contributed by atoms with van der Waals surface area (Å²) in [5, 5.41) is 15.5. The smallest absolute Gasteiger partial charge is 0.251 e. The highest BCUT2D eigenvalue weighted by Gasteiger charge is 2.24. The van der Waals surface area contributed by atoms with Crippen molar-refractivity contribution >= 4 is 29.0 Å². The lowest BCUT2D eigenvalue weighted by Gasteiger charge is -2.28. The molecule has 1 saturated carbocycles. The molecular formula is C19H24N2O3S2. The molecule has 0 radical (unpaired) electrons. The molecule has 0 aliphatic heterocycles. The number of thiazole rings is 1. The van der Waals surface area contributed by atoms with Gasteiger partial charge in [-0.1, -0.05) is 11.8 Å². The number of ether oxygens (including phenoxy) is 1. The fraction of sp³-hybridized carbons (Fsp3) is 0.474. The molecule has 7 heteroatoms. The zero-order valence-corrected chi connectivity index (χ0v) is 16.7. The number of rotatable bonds is 6. The molecule has 140 valence electrons. The van der Waals surface area contributed by atoms with Crippen LogP contribution in [0.1, 0.15) is 48.7 Å². The van der Waals surface area contributed by atoms with E-state index >= 15 is 0 Å². The molecule has 1 aromatic carbocycles. The molecule has 0 spiro atoms. The van der Waals surface area contributed by atoms with Crippen LogP contribution >= 0.6 is 23.1 Å². The lowest BCUT2D eigenvalue weighted by molar-refractivity contribution is 0.0927. The van der Waals surface area contributed by atoms with Crippen LogP contribution in [-0.4, -0.2) is 33.9 Å². The van der Waals surface area contributed by atoms with E-state index in [2.05, 4.69) is 15.7 Å². The summed E-state index contributed by atoms with van der Waals surface area (Å²) in [4.78, 5) is 17.0. The second kappa shape index (κ2) is 8.77. The van der Waals surface area contributed by atoms with Crippen molar-refractivity contribution in [2.45, 2.75) is 55.2 Å². The number of phenols is 1. The Morgan fingerprint density at radius 3 is 2.77 bits per heavy atom. The number of carbonyl (C=O) groups excluding carboxylic acids is 1. The molecule has 5 nitrogen and oxygen atoms in total. The molecule has 1 heterocycles. The Bertz CT molecular complexity index is 755. The van der Waals surface area contributed by atoms with E-state index in [-0.39, 0.29) is 17.7 Å². The van der Waals surface area contributed by atoms with Gasteiger partial charge in [-0.3, -0.25) is 4.79 Å². The van der Waals surface area contributed by atoms with Gasteiger partial charge in [0.1, 0.15) is 15.8 Å². The first-order valence-corrected chi connectivity index (χ1v) is 10.7. The lowest BCUT2D eigenvalue weighted by atomic mass is 9.94. The minimum Gasteiger partial charge on any atom is -0.508 e. The van der Waals surface area contributed by atoms with Crippen LogP contribution in [0.5, 0.6) is 11.5 Å². The Morgan fingerprint density at radius 2 is 2.12 bits per heavy atom. The van der Waals surface area contributed by atoms with Gasteiger partial charge in [0.15, 0.2) is 0 Å². The first kappa shape index (κ1) is 19.0. The minimum atomic E-state index is -0.159. The van der Waals surface area contributed by atoms with E-state index in [1.165, 1.54) is 12.1 Å². The first-order chi connectivity index (χ1) is 12.5. The molecule has 0 bridgehead atoms. The van der Waals surface area contributed by atoms with Gasteiger partial charge >= 0.3 is 0 Å². The summed E-state index contributed by atoms with van der Waals surface area (Å²) in [6.07, 6.45) is 4.06. The van der Waals surface area contributed by atoms with E-state index in [9.17, 15) is 9.90 Å². The van der Waals surface area contributed by atoms with E-state index in [0.717, 1.165) is 35.7 Å². The Balaban J connectivity index is 1.51. The summed E-state index contributed by atoms with van der Waals surface area (Å²) in [6.45, 7) is 4.38. The maximum Gasteiger partial charge on any atom is 0.251 e. The largest absolute Gasteiger partial charge is 0.508 e. The van der Waals surface area contributed by atoms with Crippen LogP contribution in [0.4, 0.5) is 0 Å². The third-order valence-electron chi connectivity index (χ3n) is 4.34. The van der Waals surface area contributed by atoms with Gasteiger partial charge in [0.25, 0.3) is 5.91 Å². The Hall–Kier alpha value is -1.73. The van der Waals surface area contributed by atoms with E-state index in [1.807, 2.05) is 25.6 Å². The Kier molecular flexibility index (Phi) is 6.43. The van der Waals surface area contributed by atoms with Crippen molar-refractivity contribution in [3.05, 3.63) is 34.8 Å². The van der Waals surface area contributed by atoms with E-state index in [4.69, 9.17) is 4.74 Å². The van der Waals surface area contributed by atoms with Gasteiger partial charge in [-0.05, 0) is 51.7 Å². The number of amides is 1. The summed E-state index contributed by atoms with van der Waals surface area (Å²) in [5.41, 5.74) is 1.51. The quantitative estimate of drug-likeness (QED) is 0.763. The number of hydrogen-bond donors (Lipinski definition) is 2. The average Bonchev–Trinajstić information content (AvgIpc) is 3.01. The third kappa shape index (κ3) is 5.14. The highest BCUT2D eigenvalue weighted by molar-refractivity contribution is 8.01. The van der Waals surface area contributed by atoms with Gasteiger partial charge in [0.2, 0.25) is 0 Å². The molecule has 0 unspecified atom stereocenters. The van der Waals surface area contributed by atoms with Crippen LogP contribution in [0, 0.1) is 6.92 Å². The number of nitrogens with one attached hydrogen (secondary N) is 1. The van der Waals surface area contributed by atoms with Crippen molar-refractivity contribution in [2.75, 3.05) is 6.61 Å². The topological polar surface area (TPSA) is 71.5 Å². The van der Waals surface area contributed by atoms with Crippen LogP contribution in [0.25, 0.3) is 0 Å². The number of phenolic OH excluding ortho intramolecular Hbond substituents is 1. The average molecular weight is 393 g/mol. The SMILES string of the molecule is CCOc1cc(O)cc(C(=O)NC2CCC(Sc3nc(C)cs3)CC2)c1. The van der Waals surface area contributed by atoms with Gasteiger partial charge in [-0.15, -0.1) is 11.3 Å². The third-order valence-corrected chi connectivity index (χ3v) is 6.77. The van der Waals surface area contributed by atoms with E-state index < -0.39 is 0 Å². The molecule has 1 amide bonds. The summed E-state index contributed by atoms with van der Waals surface area (Å²) in [6, 6.07) is 4.84. The van der Waals surface area contributed by atoms with Crippen LogP contribution in [0.15, 0.2) is 27.9 Å². The fourth-order valence-electron chi connectivity index (χ4n) is 3.09. The number of hydrogen-bond acceptors (Lipinski definition) is 6. The second-order valence-corrected chi connectivity index (χ2v) is 8.87. The number of benzene rings is 1. The van der Waals surface area contributed by atoms with E-state index in [1.54, 1.807) is 17.4 Å². The number of nitrogens with zero attached hydrogens (tertiary/aromatic N) is 1. The zero-order chi connectivity index (χ0) is 18.5. The monoisotopic (exact) mass is 392 g/mol. The van der Waals surface area contributed by atoms with Crippen molar-refractivity contribution in [1.29, 1.82) is 0 Å². The van der Waals surface area contributed by atoms with Crippen molar-refractivity contribution in [2.24, 2.45) is 0 Å². The number of thioether (sulfide) groups is 1. The summed E-state index contributed by atoms with van der Waals surface area (Å²) >= 11 is 3.56. The summed E-state index contributed by atoms with van der Waals surface area (Å²) in [5.74, 6) is 0.393. The normalized spacial score (nSPS) is 19.9. The Morgan fingerprint density at radius 1 is 1.35 bits per heavy atom. The maximum atomic E-state index is 12.5. The Labute approximate surface area is 162 Å². The molecule has 0 saturated heterocycles. The minimum absolute atomic E-state index is 0.0416. The number of carbonyl (C=O) groups is 1.